The van der Waals surface area contributed by atoms with Gasteiger partial charge in [0.15, 0.2) is 0 Å². The largest absolute Gasteiger partial charge is 0.496 e. The molecule has 0 aliphatic rings. The maximum atomic E-state index is 5.46. The Morgan fingerprint density at radius 3 is 2.71 bits per heavy atom. The molecule has 0 saturated carbocycles. The van der Waals surface area contributed by atoms with Crippen molar-refractivity contribution in [2.75, 3.05) is 34.4 Å². The van der Waals surface area contributed by atoms with Crippen LogP contribution in [-0.4, -0.2) is 39.3 Å². The van der Waals surface area contributed by atoms with Crippen LogP contribution < -0.4 is 10.2 Å². The summed E-state index contributed by atoms with van der Waals surface area (Å²) < 4.78 is 5.33. The fourth-order valence-corrected chi connectivity index (χ4v) is 1.71. The fourth-order valence-electron chi connectivity index (χ4n) is 1.71. The fraction of sp³-hybridized carbons (Fsp3) is 0.412. The van der Waals surface area contributed by atoms with E-state index in [1.165, 1.54) is 0 Å². The van der Waals surface area contributed by atoms with Crippen molar-refractivity contribution in [2.24, 2.45) is 0 Å². The van der Waals surface area contributed by atoms with Gasteiger partial charge in [0, 0.05) is 12.1 Å². The standard InChI is InChI=1S/C17H26N2O2/c1-5-8-16(18-21-14-13-19(2)3)12-11-15-9-6-7-10-17(15)20-4/h6-12,18H,5,13-14H2,1-4H3. The third kappa shape index (κ3) is 6.97. The summed E-state index contributed by atoms with van der Waals surface area (Å²) in [6.07, 6.45) is 7.04. The van der Waals surface area contributed by atoms with Crippen LogP contribution in [0.3, 0.4) is 0 Å². The third-order valence-corrected chi connectivity index (χ3v) is 2.84. The number of ether oxygens (including phenoxy) is 1. The average Bonchev–Trinajstić information content (AvgIpc) is 2.49. The van der Waals surface area contributed by atoms with Crippen molar-refractivity contribution in [3.63, 3.8) is 0 Å². The molecule has 0 bridgehead atoms. The summed E-state index contributed by atoms with van der Waals surface area (Å²) in [6, 6.07) is 7.92. The minimum absolute atomic E-state index is 0.635. The Morgan fingerprint density at radius 2 is 2.05 bits per heavy atom. The third-order valence-electron chi connectivity index (χ3n) is 2.84. The first kappa shape index (κ1) is 17.3. The monoisotopic (exact) mass is 290 g/mol. The normalized spacial score (nSPS) is 12.1. The predicted octanol–water partition coefficient (Wildman–Crippen LogP) is 3.09. The molecule has 4 nitrogen and oxygen atoms in total. The molecule has 0 aromatic heterocycles. The van der Waals surface area contributed by atoms with Crippen molar-refractivity contribution < 1.29 is 9.57 Å². The lowest BCUT2D eigenvalue weighted by atomic mass is 10.1. The molecule has 0 saturated heterocycles. The van der Waals surface area contributed by atoms with Gasteiger partial charge in [0.05, 0.1) is 19.4 Å². The van der Waals surface area contributed by atoms with Crippen LogP contribution in [-0.2, 0) is 4.84 Å². The molecule has 21 heavy (non-hydrogen) atoms. The minimum Gasteiger partial charge on any atom is -0.496 e. The Bertz CT molecular complexity index is 468. The lowest BCUT2D eigenvalue weighted by Gasteiger charge is -2.11. The molecule has 0 aliphatic carbocycles. The summed E-state index contributed by atoms with van der Waals surface area (Å²) >= 11 is 0. The first-order chi connectivity index (χ1) is 10.2. The molecule has 0 spiro atoms. The molecular formula is C17H26N2O2. The first-order valence-electron chi connectivity index (χ1n) is 7.21. The molecule has 0 amide bonds. The number of hydroxylamine groups is 1. The molecule has 0 fully saturated rings. The molecule has 1 N–H and O–H groups in total. The molecule has 4 heteroatoms. The number of nitrogens with one attached hydrogen (secondary N) is 1. The number of methoxy groups -OCH3 is 1. The van der Waals surface area contributed by atoms with Crippen molar-refractivity contribution in [1.82, 2.24) is 10.4 Å². The van der Waals surface area contributed by atoms with Crippen LogP contribution in [0.15, 0.2) is 42.1 Å². The zero-order valence-electron chi connectivity index (χ0n) is 13.4. The highest BCUT2D eigenvalue weighted by atomic mass is 16.6. The van der Waals surface area contributed by atoms with Crippen molar-refractivity contribution in [2.45, 2.75) is 13.3 Å². The second-order valence-corrected chi connectivity index (χ2v) is 4.90. The second-order valence-electron chi connectivity index (χ2n) is 4.90. The van der Waals surface area contributed by atoms with E-state index in [0.29, 0.717) is 6.61 Å². The first-order valence-corrected chi connectivity index (χ1v) is 7.21. The minimum atomic E-state index is 0.635. The number of likely N-dealkylation sites (N-methyl/N-ethyl adjacent to an activating group) is 1. The second kappa shape index (κ2) is 10.0. The van der Waals surface area contributed by atoms with E-state index in [4.69, 9.17) is 9.57 Å². The van der Waals surface area contributed by atoms with E-state index in [1.54, 1.807) is 7.11 Å². The molecule has 116 valence electrons. The Labute approximate surface area is 128 Å². The van der Waals surface area contributed by atoms with E-state index in [-0.39, 0.29) is 0 Å². The topological polar surface area (TPSA) is 33.7 Å². The number of rotatable bonds is 9. The lowest BCUT2D eigenvalue weighted by molar-refractivity contribution is 0.0547. The number of hydrogen-bond acceptors (Lipinski definition) is 4. The van der Waals surface area contributed by atoms with E-state index < -0.39 is 0 Å². The summed E-state index contributed by atoms with van der Waals surface area (Å²) in [5.74, 6) is 0.859. The molecule has 1 aromatic carbocycles. The van der Waals surface area contributed by atoms with E-state index in [2.05, 4.69) is 23.4 Å². The lowest BCUT2D eigenvalue weighted by Crippen LogP contribution is -2.22. The smallest absolute Gasteiger partial charge is 0.126 e. The molecule has 0 aliphatic heterocycles. The molecule has 1 rings (SSSR count). The van der Waals surface area contributed by atoms with Crippen LogP contribution in [0.4, 0.5) is 0 Å². The van der Waals surface area contributed by atoms with Crippen molar-refractivity contribution in [3.05, 3.63) is 47.7 Å². The molecule has 0 unspecified atom stereocenters. The zero-order valence-corrected chi connectivity index (χ0v) is 13.4. The number of benzene rings is 1. The van der Waals surface area contributed by atoms with Gasteiger partial charge in [-0.15, -0.1) is 0 Å². The maximum Gasteiger partial charge on any atom is 0.126 e. The van der Waals surface area contributed by atoms with Gasteiger partial charge < -0.3 is 9.64 Å². The van der Waals surface area contributed by atoms with E-state index in [1.807, 2.05) is 50.5 Å². The quantitative estimate of drug-likeness (QED) is 0.430. The van der Waals surface area contributed by atoms with Gasteiger partial charge in [0.25, 0.3) is 0 Å². The van der Waals surface area contributed by atoms with Crippen LogP contribution in [0.25, 0.3) is 6.08 Å². The van der Waals surface area contributed by atoms with E-state index >= 15 is 0 Å². The predicted molar refractivity (Wildman–Crippen MR) is 88.0 cm³/mol. The summed E-state index contributed by atoms with van der Waals surface area (Å²) in [7, 11) is 5.72. The van der Waals surface area contributed by atoms with E-state index in [0.717, 1.165) is 30.0 Å². The van der Waals surface area contributed by atoms with Gasteiger partial charge in [-0.2, -0.15) is 0 Å². The molecular weight excluding hydrogens is 264 g/mol. The Kier molecular flexibility index (Phi) is 8.24. The van der Waals surface area contributed by atoms with Gasteiger partial charge >= 0.3 is 0 Å². The Morgan fingerprint density at radius 1 is 1.29 bits per heavy atom. The number of nitrogens with zero attached hydrogens (tertiary/aromatic N) is 1. The van der Waals surface area contributed by atoms with Crippen molar-refractivity contribution >= 4 is 6.08 Å². The number of hydrogen-bond donors (Lipinski definition) is 1. The molecule has 1 aromatic rings. The van der Waals surface area contributed by atoms with Gasteiger partial charge in [-0.1, -0.05) is 31.2 Å². The van der Waals surface area contributed by atoms with Gasteiger partial charge in [-0.25, -0.2) is 0 Å². The number of para-hydroxylation sites is 1. The van der Waals surface area contributed by atoms with Crippen molar-refractivity contribution in [3.8, 4) is 5.75 Å². The summed E-state index contributed by atoms with van der Waals surface area (Å²) in [5, 5.41) is 0. The summed E-state index contributed by atoms with van der Waals surface area (Å²) in [6.45, 7) is 3.61. The zero-order chi connectivity index (χ0) is 15.5. The summed E-state index contributed by atoms with van der Waals surface area (Å²) in [4.78, 5) is 7.54. The van der Waals surface area contributed by atoms with Crippen LogP contribution in [0.1, 0.15) is 18.9 Å². The average molecular weight is 290 g/mol. The molecule has 0 radical (unpaired) electrons. The Balaban J connectivity index is 2.61. The van der Waals surface area contributed by atoms with Gasteiger partial charge in [0.1, 0.15) is 5.75 Å². The van der Waals surface area contributed by atoms with Crippen LogP contribution in [0, 0.1) is 0 Å². The highest BCUT2D eigenvalue weighted by Gasteiger charge is 1.98. The van der Waals surface area contributed by atoms with E-state index in [9.17, 15) is 0 Å². The van der Waals surface area contributed by atoms with Gasteiger partial charge in [0.2, 0.25) is 0 Å². The molecule has 0 heterocycles. The van der Waals surface area contributed by atoms with Gasteiger partial charge in [-0.3, -0.25) is 10.3 Å². The van der Waals surface area contributed by atoms with Crippen LogP contribution in [0.5, 0.6) is 5.75 Å². The summed E-state index contributed by atoms with van der Waals surface area (Å²) in [5.41, 5.74) is 4.98. The van der Waals surface area contributed by atoms with Crippen molar-refractivity contribution in [1.29, 1.82) is 0 Å². The number of allylic oxidation sites excluding steroid dienone is 2. The van der Waals surface area contributed by atoms with Gasteiger partial charge in [-0.05, 0) is 38.7 Å². The highest BCUT2D eigenvalue weighted by Crippen LogP contribution is 2.19. The van der Waals surface area contributed by atoms with Crippen LogP contribution in [0.2, 0.25) is 0 Å². The highest BCUT2D eigenvalue weighted by molar-refractivity contribution is 5.59. The Hall–Kier alpha value is -1.78. The SMILES string of the molecule is CCC=C(C=Cc1ccccc1OC)NOCCN(C)C. The molecule has 0 atom stereocenters. The van der Waals surface area contributed by atoms with Crippen LogP contribution >= 0.6 is 0 Å². The maximum absolute atomic E-state index is 5.46.